The molecule has 8 heteroatoms. The van der Waals surface area contributed by atoms with Crippen molar-refractivity contribution in [3.05, 3.63) is 11.4 Å². The molecular formula is C9H15N3O4S. The molecule has 0 bridgehead atoms. The molecule has 3 N–H and O–H groups in total. The standard InChI is InChI=1S/C9H15N3O4S/c1-4-5(2)12-17(15,16)8-6(3)10-11-7(8)9(13)14/h5,12H,4H2,1-3H3,(H,10,11)(H,13,14). The second-order valence-electron chi connectivity index (χ2n) is 3.76. The molecule has 1 atom stereocenters. The Morgan fingerprint density at radius 1 is 1.59 bits per heavy atom. The zero-order valence-electron chi connectivity index (χ0n) is 9.81. The van der Waals surface area contributed by atoms with E-state index >= 15 is 0 Å². The van der Waals surface area contributed by atoms with E-state index in [0.29, 0.717) is 6.42 Å². The maximum atomic E-state index is 12.0. The Morgan fingerprint density at radius 3 is 2.65 bits per heavy atom. The fraction of sp³-hybridized carbons (Fsp3) is 0.556. The van der Waals surface area contributed by atoms with E-state index in [2.05, 4.69) is 14.9 Å². The first kappa shape index (κ1) is 13.7. The van der Waals surface area contributed by atoms with Crippen LogP contribution in [0.2, 0.25) is 0 Å². The van der Waals surface area contributed by atoms with Gasteiger partial charge in [-0.05, 0) is 20.3 Å². The van der Waals surface area contributed by atoms with E-state index in [-0.39, 0.29) is 16.6 Å². The predicted molar refractivity (Wildman–Crippen MR) is 60.4 cm³/mol. The summed E-state index contributed by atoms with van der Waals surface area (Å²) in [6.07, 6.45) is 0.610. The SMILES string of the molecule is CCC(C)NS(=O)(=O)c1c(C(=O)O)n[nH]c1C. The third kappa shape index (κ3) is 2.83. The number of aromatic amines is 1. The number of nitrogens with one attached hydrogen (secondary N) is 2. The summed E-state index contributed by atoms with van der Waals surface area (Å²) in [6, 6.07) is -0.268. The van der Waals surface area contributed by atoms with E-state index in [4.69, 9.17) is 5.11 Å². The molecule has 0 spiro atoms. The summed E-state index contributed by atoms with van der Waals surface area (Å²) in [5, 5.41) is 14.7. The largest absolute Gasteiger partial charge is 0.476 e. The molecule has 0 saturated carbocycles. The smallest absolute Gasteiger partial charge is 0.357 e. The fourth-order valence-corrected chi connectivity index (χ4v) is 2.95. The molecule has 1 aromatic heterocycles. The van der Waals surface area contributed by atoms with E-state index in [9.17, 15) is 13.2 Å². The lowest BCUT2D eigenvalue weighted by Crippen LogP contribution is -2.33. The van der Waals surface area contributed by atoms with Gasteiger partial charge in [0.05, 0.1) is 5.69 Å². The third-order valence-corrected chi connectivity index (χ3v) is 4.08. The summed E-state index contributed by atoms with van der Waals surface area (Å²) >= 11 is 0. The number of carboxylic acid groups (broad SMARTS) is 1. The van der Waals surface area contributed by atoms with Gasteiger partial charge in [-0.3, -0.25) is 5.10 Å². The van der Waals surface area contributed by atoms with Gasteiger partial charge >= 0.3 is 5.97 Å². The van der Waals surface area contributed by atoms with Gasteiger partial charge in [-0.15, -0.1) is 0 Å². The van der Waals surface area contributed by atoms with Crippen molar-refractivity contribution >= 4 is 16.0 Å². The Balaban J connectivity index is 3.23. The number of hydrogen-bond acceptors (Lipinski definition) is 4. The first-order valence-corrected chi connectivity index (χ1v) is 6.58. The Bertz CT molecular complexity index is 520. The molecule has 7 nitrogen and oxygen atoms in total. The average Bonchev–Trinajstić information content (AvgIpc) is 2.60. The van der Waals surface area contributed by atoms with Crippen LogP contribution in [0.3, 0.4) is 0 Å². The molecule has 1 heterocycles. The summed E-state index contributed by atoms with van der Waals surface area (Å²) in [6.45, 7) is 4.99. The second kappa shape index (κ2) is 4.84. The lowest BCUT2D eigenvalue weighted by atomic mass is 10.3. The van der Waals surface area contributed by atoms with Gasteiger partial charge in [0.1, 0.15) is 4.90 Å². The zero-order chi connectivity index (χ0) is 13.2. The maximum absolute atomic E-state index is 12.0. The highest BCUT2D eigenvalue weighted by Gasteiger charge is 2.28. The number of aromatic nitrogens is 2. The second-order valence-corrected chi connectivity index (χ2v) is 5.41. The van der Waals surface area contributed by atoms with Crippen LogP contribution in [-0.4, -0.2) is 35.7 Å². The summed E-state index contributed by atoms with van der Waals surface area (Å²) in [4.78, 5) is 10.6. The van der Waals surface area contributed by atoms with Crippen molar-refractivity contribution in [3.63, 3.8) is 0 Å². The molecular weight excluding hydrogens is 246 g/mol. The summed E-state index contributed by atoms with van der Waals surface area (Å²) < 4.78 is 26.3. The number of nitrogens with zero attached hydrogens (tertiary/aromatic N) is 1. The van der Waals surface area contributed by atoms with Crippen LogP contribution in [0.15, 0.2) is 4.90 Å². The molecule has 1 rings (SSSR count). The van der Waals surface area contributed by atoms with Gasteiger partial charge < -0.3 is 5.11 Å². The minimum Gasteiger partial charge on any atom is -0.476 e. The lowest BCUT2D eigenvalue weighted by molar-refractivity contribution is 0.0686. The highest BCUT2D eigenvalue weighted by molar-refractivity contribution is 7.89. The first-order chi connectivity index (χ1) is 7.79. The van der Waals surface area contributed by atoms with Crippen molar-refractivity contribution in [2.75, 3.05) is 0 Å². The van der Waals surface area contributed by atoms with Crippen molar-refractivity contribution in [1.82, 2.24) is 14.9 Å². The first-order valence-electron chi connectivity index (χ1n) is 5.10. The Kier molecular flexibility index (Phi) is 3.89. The van der Waals surface area contributed by atoms with Crippen LogP contribution in [0.4, 0.5) is 0 Å². The van der Waals surface area contributed by atoms with Crippen LogP contribution in [0.1, 0.15) is 36.5 Å². The summed E-state index contributed by atoms with van der Waals surface area (Å²) in [5.74, 6) is -1.38. The number of aryl methyl sites for hydroxylation is 1. The molecule has 0 aromatic carbocycles. The zero-order valence-corrected chi connectivity index (χ0v) is 10.6. The van der Waals surface area contributed by atoms with Gasteiger partial charge in [-0.2, -0.15) is 5.10 Å². The minimum absolute atomic E-state index is 0.207. The Morgan fingerprint density at radius 2 is 2.18 bits per heavy atom. The maximum Gasteiger partial charge on any atom is 0.357 e. The van der Waals surface area contributed by atoms with Gasteiger partial charge in [0.15, 0.2) is 5.69 Å². The predicted octanol–water partition coefficient (Wildman–Crippen LogP) is 0.493. The van der Waals surface area contributed by atoms with Gasteiger partial charge in [0.25, 0.3) is 0 Å². The molecule has 1 unspecified atom stereocenters. The van der Waals surface area contributed by atoms with Crippen LogP contribution in [0.5, 0.6) is 0 Å². The molecule has 0 aliphatic heterocycles. The third-order valence-electron chi connectivity index (χ3n) is 2.33. The van der Waals surface area contributed by atoms with Gasteiger partial charge in [0.2, 0.25) is 10.0 Å². The highest BCUT2D eigenvalue weighted by atomic mass is 32.2. The minimum atomic E-state index is -3.86. The van der Waals surface area contributed by atoms with Gasteiger partial charge in [-0.25, -0.2) is 17.9 Å². The molecule has 17 heavy (non-hydrogen) atoms. The van der Waals surface area contributed by atoms with Crippen molar-refractivity contribution in [3.8, 4) is 0 Å². The number of hydrogen-bond donors (Lipinski definition) is 3. The summed E-state index contributed by atoms with van der Waals surface area (Å²) in [7, 11) is -3.86. The van der Waals surface area contributed by atoms with E-state index in [1.54, 1.807) is 6.92 Å². The van der Waals surface area contributed by atoms with Crippen LogP contribution in [0, 0.1) is 6.92 Å². The number of rotatable bonds is 5. The Labute approximate surface area is 99.3 Å². The monoisotopic (exact) mass is 261 g/mol. The van der Waals surface area contributed by atoms with E-state index in [1.165, 1.54) is 6.92 Å². The lowest BCUT2D eigenvalue weighted by Gasteiger charge is -2.11. The molecule has 0 aliphatic carbocycles. The molecule has 0 saturated heterocycles. The summed E-state index contributed by atoms with van der Waals surface area (Å²) in [5.41, 5.74) is -0.281. The topological polar surface area (TPSA) is 112 Å². The normalized spacial score (nSPS) is 13.6. The molecule has 96 valence electrons. The number of H-pyrrole nitrogens is 1. The number of aromatic carboxylic acids is 1. The van der Waals surface area contributed by atoms with Crippen LogP contribution < -0.4 is 4.72 Å². The van der Waals surface area contributed by atoms with E-state index < -0.39 is 21.7 Å². The molecule has 0 fully saturated rings. The quantitative estimate of drug-likeness (QED) is 0.714. The van der Waals surface area contributed by atoms with E-state index in [1.807, 2.05) is 6.92 Å². The highest BCUT2D eigenvalue weighted by Crippen LogP contribution is 2.18. The number of carbonyl (C=O) groups is 1. The van der Waals surface area contributed by atoms with Crippen molar-refractivity contribution in [2.45, 2.75) is 38.1 Å². The van der Waals surface area contributed by atoms with Gasteiger partial charge in [-0.1, -0.05) is 6.92 Å². The molecule has 0 amide bonds. The molecule has 1 aromatic rings. The molecule has 0 radical (unpaired) electrons. The van der Waals surface area contributed by atoms with Crippen molar-refractivity contribution < 1.29 is 18.3 Å². The van der Waals surface area contributed by atoms with Crippen LogP contribution in [0.25, 0.3) is 0 Å². The molecule has 0 aliphatic rings. The fourth-order valence-electron chi connectivity index (χ4n) is 1.30. The van der Waals surface area contributed by atoms with Gasteiger partial charge in [0, 0.05) is 6.04 Å². The number of sulfonamides is 1. The number of carboxylic acids is 1. The van der Waals surface area contributed by atoms with Crippen molar-refractivity contribution in [2.24, 2.45) is 0 Å². The Hall–Kier alpha value is -1.41. The van der Waals surface area contributed by atoms with Crippen LogP contribution >= 0.6 is 0 Å². The average molecular weight is 261 g/mol. The van der Waals surface area contributed by atoms with E-state index in [0.717, 1.165) is 0 Å². The van der Waals surface area contributed by atoms with Crippen molar-refractivity contribution in [1.29, 1.82) is 0 Å². The van der Waals surface area contributed by atoms with Crippen LogP contribution in [-0.2, 0) is 10.0 Å².